The fraction of sp³-hybridized carbons (Fsp3) is 0.438. The number of halogens is 1. The van der Waals surface area contributed by atoms with Crippen molar-refractivity contribution in [2.75, 3.05) is 12.9 Å². The van der Waals surface area contributed by atoms with Gasteiger partial charge in [0.05, 0.1) is 11.0 Å². The second-order valence-electron chi connectivity index (χ2n) is 6.08. The lowest BCUT2D eigenvalue weighted by atomic mass is 9.83. The monoisotopic (exact) mass is 406 g/mol. The van der Waals surface area contributed by atoms with E-state index >= 15 is 0 Å². The van der Waals surface area contributed by atoms with E-state index < -0.39 is 23.8 Å². The summed E-state index contributed by atoms with van der Waals surface area (Å²) in [6, 6.07) is -1.12. The van der Waals surface area contributed by atoms with E-state index in [4.69, 9.17) is 19.7 Å². The quantitative estimate of drug-likeness (QED) is 0.332. The highest BCUT2D eigenvalue weighted by Crippen LogP contribution is 2.37. The van der Waals surface area contributed by atoms with Crippen molar-refractivity contribution in [3.63, 3.8) is 0 Å². The van der Waals surface area contributed by atoms with E-state index in [-0.39, 0.29) is 23.3 Å². The van der Waals surface area contributed by atoms with Gasteiger partial charge < -0.3 is 9.97 Å². The molecule has 140 valence electrons. The maximum Gasteiger partial charge on any atom is 0.378 e. The molecule has 1 N–H and O–H groups in total. The van der Waals surface area contributed by atoms with E-state index in [1.807, 2.05) is 6.92 Å². The molecule has 27 heavy (non-hydrogen) atoms. The number of alkyl halides is 1. The van der Waals surface area contributed by atoms with Crippen LogP contribution in [0.4, 0.5) is 0 Å². The molecule has 0 saturated carbocycles. The molecule has 0 bridgehead atoms. The fourth-order valence-electron chi connectivity index (χ4n) is 3.33. The third-order valence-electron chi connectivity index (χ3n) is 4.59. The van der Waals surface area contributed by atoms with E-state index in [9.17, 15) is 14.4 Å². The zero-order valence-electron chi connectivity index (χ0n) is 14.7. The minimum atomic E-state index is -0.817. The van der Waals surface area contributed by atoms with Gasteiger partial charge in [0.1, 0.15) is 23.1 Å². The Labute approximate surface area is 166 Å². The number of aliphatic imine (C=N–C) groups is 1. The zero-order valence-corrected chi connectivity index (χ0v) is 16.3. The molecule has 1 aromatic heterocycles. The van der Waals surface area contributed by atoms with Crippen LogP contribution in [-0.4, -0.2) is 66.4 Å². The Morgan fingerprint density at radius 2 is 2.30 bits per heavy atom. The minimum absolute atomic E-state index is 0.0683. The first-order valence-electron chi connectivity index (χ1n) is 8.15. The number of hydrogen-bond donors (Lipinski definition) is 1. The number of thiazole rings is 1. The van der Waals surface area contributed by atoms with Gasteiger partial charge in [0.2, 0.25) is 0 Å². The van der Waals surface area contributed by atoms with Crippen LogP contribution in [-0.2, 0) is 19.0 Å². The smallest absolute Gasteiger partial charge is 0.378 e. The van der Waals surface area contributed by atoms with Crippen molar-refractivity contribution in [2.24, 2.45) is 4.99 Å². The number of hydrogen-bond acceptors (Lipinski definition) is 7. The summed E-state index contributed by atoms with van der Waals surface area (Å²) in [6.07, 6.45) is 1.07. The average Bonchev–Trinajstić information content (AvgIpc) is 3.10. The maximum absolute atomic E-state index is 12.6. The summed E-state index contributed by atoms with van der Waals surface area (Å²) >= 11 is 7.28. The molecule has 0 spiro atoms. The summed E-state index contributed by atoms with van der Waals surface area (Å²) in [5.41, 5.74) is 1.27. The number of rotatable bonds is 5. The van der Waals surface area contributed by atoms with Gasteiger partial charge in [0.15, 0.2) is 0 Å². The zero-order chi connectivity index (χ0) is 19.7. The number of allylic oxidation sites excluding steroid dienone is 1. The molecule has 2 atom stereocenters. The lowest BCUT2D eigenvalue weighted by Crippen LogP contribution is -2.72. The summed E-state index contributed by atoms with van der Waals surface area (Å²) < 4.78 is 4.29. The Hall–Kier alpha value is -2.20. The third kappa shape index (κ3) is 3.39. The number of aryl methyl sites for hydroxylation is 1. The van der Waals surface area contributed by atoms with Crippen molar-refractivity contribution in [1.82, 2.24) is 15.2 Å². The molecule has 2 aliphatic rings. The lowest BCUT2D eigenvalue weighted by Gasteiger charge is -2.50. The Morgan fingerprint density at radius 1 is 1.56 bits per heavy atom. The number of carbonyl (C=O) groups is 3. The largest absolute Gasteiger partial charge is 0.539 e. The first-order valence-corrected chi connectivity index (χ1v) is 9.56. The minimum Gasteiger partial charge on any atom is -0.539 e. The molecule has 1 fully saturated rings. The number of nitrogens with one attached hydrogen (secondary N) is 1. The van der Waals surface area contributed by atoms with Crippen molar-refractivity contribution in [2.45, 2.75) is 31.8 Å². The van der Waals surface area contributed by atoms with Crippen molar-refractivity contribution in [3.05, 3.63) is 27.4 Å². The molecule has 2 amide bonds. The Balaban J connectivity index is 1.78. The molecule has 8 nitrogen and oxygen atoms in total. The summed E-state index contributed by atoms with van der Waals surface area (Å²) in [5, 5.41) is 5.24. The fourth-order valence-corrected chi connectivity index (χ4v) is 4.19. The Bertz CT molecular complexity index is 868. The van der Waals surface area contributed by atoms with Gasteiger partial charge in [-0.15, -0.1) is 22.9 Å². The summed E-state index contributed by atoms with van der Waals surface area (Å²) in [6.45, 7) is 1.83. The number of β-lactam (4-membered cyclic amide) rings is 1. The normalized spacial score (nSPS) is 22.3. The predicted molar refractivity (Wildman–Crippen MR) is 101 cm³/mol. The van der Waals surface area contributed by atoms with Gasteiger partial charge in [0.25, 0.3) is 11.8 Å². The van der Waals surface area contributed by atoms with Crippen LogP contribution in [0.15, 0.2) is 21.6 Å². The second-order valence-corrected chi connectivity index (χ2v) is 7.41. The molecule has 0 aliphatic carbocycles. The maximum atomic E-state index is 12.6. The van der Waals surface area contributed by atoms with Gasteiger partial charge >= 0.3 is 14.0 Å². The molecule has 0 aromatic carbocycles. The number of aromatic nitrogens is 1. The first kappa shape index (κ1) is 19.6. The SMILES string of the molecule is [B]OC(=O)C1=C(CCl)CCC2C(NC(=O)C(=NC)c3csc(C)n3)C(=O)N12. The van der Waals surface area contributed by atoms with E-state index in [1.54, 1.807) is 5.38 Å². The topological polar surface area (TPSA) is 101 Å². The second kappa shape index (κ2) is 7.81. The number of fused-ring (bicyclic) bond motifs is 1. The lowest BCUT2D eigenvalue weighted by molar-refractivity contribution is -0.154. The number of carbonyl (C=O) groups excluding carboxylic acids is 3. The van der Waals surface area contributed by atoms with Crippen molar-refractivity contribution >= 4 is 54.5 Å². The van der Waals surface area contributed by atoms with Gasteiger partial charge in [-0.25, -0.2) is 9.78 Å². The van der Waals surface area contributed by atoms with E-state index in [1.165, 1.54) is 23.3 Å². The van der Waals surface area contributed by atoms with Crippen LogP contribution in [0.2, 0.25) is 0 Å². The Morgan fingerprint density at radius 3 is 2.85 bits per heavy atom. The molecule has 11 heteroatoms. The molecular weight excluding hydrogens is 391 g/mol. The van der Waals surface area contributed by atoms with Crippen LogP contribution in [0.5, 0.6) is 0 Å². The van der Waals surface area contributed by atoms with E-state index in [0.29, 0.717) is 24.1 Å². The van der Waals surface area contributed by atoms with Gasteiger partial charge in [-0.3, -0.25) is 19.5 Å². The highest BCUT2D eigenvalue weighted by atomic mass is 35.5. The van der Waals surface area contributed by atoms with Gasteiger partial charge in [-0.05, 0) is 25.3 Å². The first-order chi connectivity index (χ1) is 12.9. The summed E-state index contributed by atoms with van der Waals surface area (Å²) in [4.78, 5) is 46.7. The third-order valence-corrected chi connectivity index (χ3v) is 5.68. The molecule has 2 aliphatic heterocycles. The van der Waals surface area contributed by atoms with Crippen molar-refractivity contribution in [1.29, 1.82) is 0 Å². The summed E-state index contributed by atoms with van der Waals surface area (Å²) in [5.74, 6) is -1.63. The van der Waals surface area contributed by atoms with Crippen LogP contribution >= 0.6 is 22.9 Å². The molecular formula is C16H16BClN4O4S. The molecule has 1 aromatic rings. The molecule has 2 radical (unpaired) electrons. The molecule has 3 heterocycles. The van der Waals surface area contributed by atoms with Crippen LogP contribution in [0.25, 0.3) is 0 Å². The molecule has 2 unspecified atom stereocenters. The van der Waals surface area contributed by atoms with Gasteiger partial charge in [-0.1, -0.05) is 0 Å². The number of amides is 2. The summed E-state index contributed by atoms with van der Waals surface area (Å²) in [7, 11) is 6.47. The van der Waals surface area contributed by atoms with E-state index in [0.717, 1.165) is 5.01 Å². The predicted octanol–water partition coefficient (Wildman–Crippen LogP) is 0.479. The number of nitrogens with zero attached hydrogens (tertiary/aromatic N) is 3. The highest BCUT2D eigenvalue weighted by Gasteiger charge is 2.53. The van der Waals surface area contributed by atoms with Crippen molar-refractivity contribution in [3.8, 4) is 0 Å². The van der Waals surface area contributed by atoms with Crippen LogP contribution in [0.1, 0.15) is 23.5 Å². The average molecular weight is 407 g/mol. The standard InChI is InChI=1S/C16H16BClN4O4S/c1-7-20-9(6-27-7)11(19-2)14(23)21-12-10-4-3-8(5-18)13(16(25)26-17)22(10)15(12)24/h6,10,12H,3-5H2,1-2H3,(H,21,23). The van der Waals surface area contributed by atoms with Crippen LogP contribution < -0.4 is 5.32 Å². The van der Waals surface area contributed by atoms with Crippen molar-refractivity contribution < 1.29 is 19.0 Å². The highest BCUT2D eigenvalue weighted by molar-refractivity contribution is 7.09. The van der Waals surface area contributed by atoms with Crippen LogP contribution in [0.3, 0.4) is 0 Å². The molecule has 1 saturated heterocycles. The van der Waals surface area contributed by atoms with Gasteiger partial charge in [-0.2, -0.15) is 0 Å². The molecule has 3 rings (SSSR count). The van der Waals surface area contributed by atoms with Crippen LogP contribution in [0, 0.1) is 6.92 Å². The van der Waals surface area contributed by atoms with Gasteiger partial charge in [0, 0.05) is 18.3 Å². The Kier molecular flexibility index (Phi) is 5.66. The van der Waals surface area contributed by atoms with E-state index in [2.05, 4.69) is 19.9 Å².